The molecule has 0 saturated carbocycles. The average Bonchev–Trinajstić information content (AvgIpc) is 2.36. The number of quaternary nitrogens is 1. The Labute approximate surface area is 95.2 Å². The summed E-state index contributed by atoms with van der Waals surface area (Å²) in [6.45, 7) is 0.685. The van der Waals surface area contributed by atoms with E-state index in [1.54, 1.807) is 7.11 Å². The summed E-state index contributed by atoms with van der Waals surface area (Å²) < 4.78 is 10.9. The van der Waals surface area contributed by atoms with Crippen LogP contribution in [0.15, 0.2) is 18.2 Å². The lowest BCUT2D eigenvalue weighted by atomic mass is 9.91. The second kappa shape index (κ2) is 4.72. The number of methoxy groups -OCH3 is 1. The van der Waals surface area contributed by atoms with Crippen LogP contribution < -0.4 is 14.8 Å². The van der Waals surface area contributed by atoms with E-state index in [0.29, 0.717) is 6.61 Å². The lowest BCUT2D eigenvalue weighted by Gasteiger charge is -2.30. The summed E-state index contributed by atoms with van der Waals surface area (Å²) in [5.74, 6) is 1.73. The number of para-hydroxylation sites is 1. The standard InChI is InChI=1S/C12H17NO3/c1-13-11-8(6-14)7-16-12-9(11)4-3-5-10(12)15-2/h3-5,8,11,13-14H,6-7H2,1-2H3/p+1/t8-,11+/m1/s1. The van der Waals surface area contributed by atoms with E-state index in [9.17, 15) is 5.11 Å². The van der Waals surface area contributed by atoms with Gasteiger partial charge in [0.25, 0.3) is 0 Å². The number of aliphatic hydroxyl groups excluding tert-OH is 1. The molecule has 0 aliphatic carbocycles. The zero-order chi connectivity index (χ0) is 11.5. The Balaban J connectivity index is 2.41. The van der Waals surface area contributed by atoms with E-state index in [0.717, 1.165) is 17.1 Å². The van der Waals surface area contributed by atoms with Gasteiger partial charge in [0.1, 0.15) is 6.04 Å². The first kappa shape index (κ1) is 11.2. The molecule has 2 rings (SSSR count). The monoisotopic (exact) mass is 224 g/mol. The normalized spacial score (nSPS) is 23.4. The van der Waals surface area contributed by atoms with Gasteiger partial charge in [-0.2, -0.15) is 0 Å². The zero-order valence-corrected chi connectivity index (χ0v) is 9.64. The van der Waals surface area contributed by atoms with Crippen LogP contribution in [0.25, 0.3) is 0 Å². The van der Waals surface area contributed by atoms with Crippen LogP contribution in [0.3, 0.4) is 0 Å². The predicted octanol–water partition coefficient (Wildman–Crippen LogP) is -0.0696. The summed E-state index contributed by atoms with van der Waals surface area (Å²) in [5.41, 5.74) is 1.10. The van der Waals surface area contributed by atoms with Crippen LogP contribution in [0.2, 0.25) is 0 Å². The molecule has 1 aromatic rings. The Morgan fingerprint density at radius 1 is 1.56 bits per heavy atom. The van der Waals surface area contributed by atoms with E-state index in [1.807, 2.05) is 25.2 Å². The highest BCUT2D eigenvalue weighted by molar-refractivity contribution is 5.48. The zero-order valence-electron chi connectivity index (χ0n) is 9.64. The van der Waals surface area contributed by atoms with Crippen molar-refractivity contribution >= 4 is 0 Å². The number of hydrogen-bond acceptors (Lipinski definition) is 3. The first-order chi connectivity index (χ1) is 7.81. The van der Waals surface area contributed by atoms with Crippen LogP contribution in [-0.2, 0) is 0 Å². The number of aliphatic hydroxyl groups is 1. The molecule has 88 valence electrons. The van der Waals surface area contributed by atoms with E-state index < -0.39 is 0 Å². The largest absolute Gasteiger partial charge is 0.493 e. The van der Waals surface area contributed by atoms with Crippen molar-refractivity contribution in [1.82, 2.24) is 0 Å². The number of rotatable bonds is 3. The lowest BCUT2D eigenvalue weighted by Crippen LogP contribution is -2.83. The van der Waals surface area contributed by atoms with Crippen molar-refractivity contribution in [3.8, 4) is 11.5 Å². The van der Waals surface area contributed by atoms with Crippen molar-refractivity contribution in [1.29, 1.82) is 0 Å². The van der Waals surface area contributed by atoms with Crippen molar-refractivity contribution in [3.63, 3.8) is 0 Å². The molecule has 2 atom stereocenters. The molecule has 1 aromatic carbocycles. The minimum atomic E-state index is 0.143. The third kappa shape index (κ3) is 1.74. The van der Waals surface area contributed by atoms with Crippen LogP contribution >= 0.6 is 0 Å². The minimum Gasteiger partial charge on any atom is -0.493 e. The molecule has 0 radical (unpaired) electrons. The maximum absolute atomic E-state index is 9.31. The molecule has 1 aliphatic rings. The molecule has 1 heterocycles. The van der Waals surface area contributed by atoms with Crippen LogP contribution in [0.4, 0.5) is 0 Å². The molecular formula is C12H18NO3+. The molecular weight excluding hydrogens is 206 g/mol. The van der Waals surface area contributed by atoms with Gasteiger partial charge >= 0.3 is 0 Å². The number of nitrogens with two attached hydrogens (primary N) is 1. The first-order valence-electron chi connectivity index (χ1n) is 5.51. The number of ether oxygens (including phenoxy) is 2. The van der Waals surface area contributed by atoms with Crippen LogP contribution in [0, 0.1) is 5.92 Å². The van der Waals surface area contributed by atoms with Crippen LogP contribution in [0.1, 0.15) is 11.6 Å². The molecule has 1 aliphatic heterocycles. The molecule has 0 unspecified atom stereocenters. The van der Waals surface area contributed by atoms with Gasteiger partial charge in [-0.05, 0) is 12.1 Å². The lowest BCUT2D eigenvalue weighted by molar-refractivity contribution is -0.679. The highest BCUT2D eigenvalue weighted by Crippen LogP contribution is 2.39. The average molecular weight is 224 g/mol. The van der Waals surface area contributed by atoms with Gasteiger partial charge in [0.15, 0.2) is 11.5 Å². The second-order valence-electron chi connectivity index (χ2n) is 3.99. The number of hydrogen-bond donors (Lipinski definition) is 2. The van der Waals surface area contributed by atoms with E-state index >= 15 is 0 Å². The number of benzene rings is 1. The van der Waals surface area contributed by atoms with Gasteiger partial charge in [-0.3, -0.25) is 0 Å². The topological polar surface area (TPSA) is 55.3 Å². The first-order valence-corrected chi connectivity index (χ1v) is 5.51. The van der Waals surface area contributed by atoms with Crippen molar-refractivity contribution in [3.05, 3.63) is 23.8 Å². The summed E-state index contributed by atoms with van der Waals surface area (Å²) >= 11 is 0. The van der Waals surface area contributed by atoms with Crippen molar-refractivity contribution in [2.24, 2.45) is 5.92 Å². The molecule has 0 bridgehead atoms. The fraction of sp³-hybridized carbons (Fsp3) is 0.500. The Hall–Kier alpha value is -1.26. The Bertz CT molecular complexity index is 367. The fourth-order valence-electron chi connectivity index (χ4n) is 2.28. The van der Waals surface area contributed by atoms with E-state index in [1.165, 1.54) is 0 Å². The molecule has 4 heteroatoms. The Morgan fingerprint density at radius 2 is 2.38 bits per heavy atom. The SMILES string of the molecule is C[NH2+][C@@H]1c2cccc(OC)c2OC[C@H]1CO. The van der Waals surface area contributed by atoms with Crippen molar-refractivity contribution < 1.29 is 19.9 Å². The predicted molar refractivity (Wildman–Crippen MR) is 59.7 cm³/mol. The van der Waals surface area contributed by atoms with Crippen LogP contribution in [-0.4, -0.2) is 32.5 Å². The second-order valence-corrected chi connectivity index (χ2v) is 3.99. The fourth-order valence-corrected chi connectivity index (χ4v) is 2.28. The summed E-state index contributed by atoms with van der Waals surface area (Å²) in [5, 5.41) is 11.4. The third-order valence-electron chi connectivity index (χ3n) is 3.13. The van der Waals surface area contributed by atoms with Gasteiger partial charge in [-0.25, -0.2) is 0 Å². The summed E-state index contributed by atoms with van der Waals surface area (Å²) in [7, 11) is 3.66. The molecule has 4 nitrogen and oxygen atoms in total. The smallest absolute Gasteiger partial charge is 0.170 e. The molecule has 0 spiro atoms. The van der Waals surface area contributed by atoms with Gasteiger partial charge < -0.3 is 19.9 Å². The highest BCUT2D eigenvalue weighted by Gasteiger charge is 2.33. The van der Waals surface area contributed by atoms with Crippen molar-refractivity contribution in [2.45, 2.75) is 6.04 Å². The maximum atomic E-state index is 9.31. The van der Waals surface area contributed by atoms with E-state index in [-0.39, 0.29) is 18.6 Å². The highest BCUT2D eigenvalue weighted by atomic mass is 16.5. The van der Waals surface area contributed by atoms with Gasteiger partial charge in [-0.15, -0.1) is 0 Å². The quantitative estimate of drug-likeness (QED) is 0.755. The van der Waals surface area contributed by atoms with Gasteiger partial charge in [0, 0.05) is 0 Å². The summed E-state index contributed by atoms with van der Waals surface area (Å²) in [4.78, 5) is 0. The van der Waals surface area contributed by atoms with Crippen molar-refractivity contribution in [2.75, 3.05) is 27.4 Å². The Kier molecular flexibility index (Phi) is 3.31. The molecule has 0 aromatic heterocycles. The molecule has 0 saturated heterocycles. The molecule has 0 fully saturated rings. The third-order valence-corrected chi connectivity index (χ3v) is 3.13. The maximum Gasteiger partial charge on any atom is 0.170 e. The van der Waals surface area contributed by atoms with E-state index in [2.05, 4.69) is 5.32 Å². The van der Waals surface area contributed by atoms with Crippen LogP contribution in [0.5, 0.6) is 11.5 Å². The molecule has 3 N–H and O–H groups in total. The molecule has 16 heavy (non-hydrogen) atoms. The Morgan fingerprint density at radius 3 is 3.00 bits per heavy atom. The summed E-state index contributed by atoms with van der Waals surface area (Å²) in [6, 6.07) is 6.12. The number of fused-ring (bicyclic) bond motifs is 1. The van der Waals surface area contributed by atoms with Gasteiger partial charge in [0.2, 0.25) is 0 Å². The minimum absolute atomic E-state index is 0.143. The molecule has 0 amide bonds. The summed E-state index contributed by atoms with van der Waals surface area (Å²) in [6.07, 6.45) is 0. The van der Waals surface area contributed by atoms with E-state index in [4.69, 9.17) is 9.47 Å². The van der Waals surface area contributed by atoms with Gasteiger partial charge in [0.05, 0.1) is 38.9 Å². The van der Waals surface area contributed by atoms with Gasteiger partial charge in [-0.1, -0.05) is 6.07 Å².